The van der Waals surface area contributed by atoms with E-state index in [1.165, 1.54) is 11.3 Å². The van der Waals surface area contributed by atoms with Crippen molar-refractivity contribution < 1.29 is 19.8 Å². The number of carboxylic acids is 2. The number of aryl methyl sites for hydroxylation is 1. The maximum Gasteiger partial charge on any atom is 0.319 e. The van der Waals surface area contributed by atoms with Crippen molar-refractivity contribution in [3.63, 3.8) is 0 Å². The smallest absolute Gasteiger partial charge is 0.319 e. The number of hydrogen-bond donors (Lipinski definition) is 2. The van der Waals surface area contributed by atoms with Crippen LogP contribution in [-0.2, 0) is 9.59 Å². The molecule has 0 aliphatic heterocycles. The lowest BCUT2D eigenvalue weighted by atomic mass is 9.92. The number of carboxylic acid groups (broad SMARTS) is 2. The van der Waals surface area contributed by atoms with Crippen molar-refractivity contribution in [2.75, 3.05) is 0 Å². The van der Waals surface area contributed by atoms with Gasteiger partial charge in [-0.25, -0.2) is 0 Å². The number of rotatable bonds is 4. The SMILES string of the molecule is Cc1ccc(C(C#N)C(C(=O)O)C(=O)O)s1. The number of nitriles is 1. The second-order valence-corrected chi connectivity index (χ2v) is 4.53. The molecular weight excluding hydrogens is 230 g/mol. The van der Waals surface area contributed by atoms with Crippen molar-refractivity contribution in [3.8, 4) is 6.07 Å². The van der Waals surface area contributed by atoms with E-state index in [-0.39, 0.29) is 0 Å². The van der Waals surface area contributed by atoms with E-state index in [0.29, 0.717) is 4.88 Å². The highest BCUT2D eigenvalue weighted by atomic mass is 32.1. The molecule has 84 valence electrons. The van der Waals surface area contributed by atoms with Crippen LogP contribution in [-0.4, -0.2) is 22.2 Å². The molecule has 16 heavy (non-hydrogen) atoms. The minimum atomic E-state index is -1.72. The summed E-state index contributed by atoms with van der Waals surface area (Å²) in [7, 11) is 0. The Bertz CT molecular complexity index is 446. The largest absolute Gasteiger partial charge is 0.481 e. The lowest BCUT2D eigenvalue weighted by Crippen LogP contribution is -2.28. The molecule has 2 N–H and O–H groups in total. The first-order valence-corrected chi connectivity index (χ1v) is 5.20. The van der Waals surface area contributed by atoms with Crippen LogP contribution in [0.5, 0.6) is 0 Å². The molecule has 1 atom stereocenters. The van der Waals surface area contributed by atoms with Crippen molar-refractivity contribution in [2.45, 2.75) is 12.8 Å². The van der Waals surface area contributed by atoms with Crippen molar-refractivity contribution in [1.29, 1.82) is 5.26 Å². The summed E-state index contributed by atoms with van der Waals surface area (Å²) in [6.45, 7) is 1.80. The summed E-state index contributed by atoms with van der Waals surface area (Å²) >= 11 is 1.23. The molecule has 1 heterocycles. The molecule has 1 rings (SSSR count). The zero-order valence-electron chi connectivity index (χ0n) is 8.38. The summed E-state index contributed by atoms with van der Waals surface area (Å²) in [5.41, 5.74) is 0. The number of nitrogens with zero attached hydrogens (tertiary/aromatic N) is 1. The summed E-state index contributed by atoms with van der Waals surface area (Å²) in [6.07, 6.45) is 0. The molecule has 0 aliphatic rings. The molecule has 1 aromatic heterocycles. The molecule has 1 aromatic rings. The topological polar surface area (TPSA) is 98.4 Å². The van der Waals surface area contributed by atoms with E-state index >= 15 is 0 Å². The average molecular weight is 239 g/mol. The molecule has 1 unspecified atom stereocenters. The Kier molecular flexibility index (Phi) is 3.64. The minimum Gasteiger partial charge on any atom is -0.481 e. The van der Waals surface area contributed by atoms with Crippen LogP contribution in [0.4, 0.5) is 0 Å². The normalized spacial score (nSPS) is 12.1. The predicted octanol–water partition coefficient (Wildman–Crippen LogP) is 1.45. The highest BCUT2D eigenvalue weighted by Crippen LogP contribution is 2.30. The second-order valence-electron chi connectivity index (χ2n) is 3.21. The summed E-state index contributed by atoms with van der Waals surface area (Å²) in [6, 6.07) is 5.06. The van der Waals surface area contributed by atoms with Crippen LogP contribution >= 0.6 is 11.3 Å². The first-order valence-electron chi connectivity index (χ1n) is 4.39. The third-order valence-electron chi connectivity index (χ3n) is 2.07. The molecule has 0 aliphatic carbocycles. The number of thiophene rings is 1. The maximum absolute atomic E-state index is 10.8. The van der Waals surface area contributed by atoms with E-state index in [9.17, 15) is 9.59 Å². The fraction of sp³-hybridized carbons (Fsp3) is 0.300. The first kappa shape index (κ1) is 12.2. The summed E-state index contributed by atoms with van der Waals surface area (Å²) in [4.78, 5) is 23.0. The lowest BCUT2D eigenvalue weighted by molar-refractivity contribution is -0.154. The Balaban J connectivity index is 3.11. The molecule has 6 heteroatoms. The minimum absolute atomic E-state index is 0.467. The van der Waals surface area contributed by atoms with Crippen LogP contribution < -0.4 is 0 Å². The Hall–Kier alpha value is -1.87. The summed E-state index contributed by atoms with van der Waals surface area (Å²) < 4.78 is 0. The van der Waals surface area contributed by atoms with Crippen LogP contribution in [0.1, 0.15) is 15.7 Å². The molecule has 0 aromatic carbocycles. The molecule has 0 saturated carbocycles. The number of aliphatic carboxylic acids is 2. The average Bonchev–Trinajstić information content (AvgIpc) is 2.59. The van der Waals surface area contributed by atoms with E-state index in [1.54, 1.807) is 25.1 Å². The molecule has 0 amide bonds. The van der Waals surface area contributed by atoms with E-state index in [2.05, 4.69) is 0 Å². The van der Waals surface area contributed by atoms with Gasteiger partial charge >= 0.3 is 11.9 Å². The van der Waals surface area contributed by atoms with Gasteiger partial charge in [-0.15, -0.1) is 11.3 Å². The Morgan fingerprint density at radius 3 is 2.25 bits per heavy atom. The van der Waals surface area contributed by atoms with Gasteiger partial charge < -0.3 is 10.2 Å². The van der Waals surface area contributed by atoms with Gasteiger partial charge in [-0.1, -0.05) is 0 Å². The number of hydrogen-bond acceptors (Lipinski definition) is 4. The fourth-order valence-corrected chi connectivity index (χ4v) is 2.27. The van der Waals surface area contributed by atoms with Crippen LogP contribution in [0, 0.1) is 24.2 Å². The fourth-order valence-electron chi connectivity index (χ4n) is 1.31. The molecule has 0 bridgehead atoms. The standard InChI is InChI=1S/C10H9NO4S/c1-5-2-3-7(16-5)6(4-11)8(9(12)13)10(14)15/h2-3,6,8H,1H3,(H,12,13)(H,14,15). The van der Waals surface area contributed by atoms with Gasteiger partial charge in [-0.05, 0) is 19.1 Å². The molecule has 0 saturated heterocycles. The van der Waals surface area contributed by atoms with Gasteiger partial charge in [0.2, 0.25) is 0 Å². The van der Waals surface area contributed by atoms with Gasteiger partial charge in [0.25, 0.3) is 0 Å². The number of carbonyl (C=O) groups is 2. The Morgan fingerprint density at radius 1 is 1.38 bits per heavy atom. The molecule has 5 nitrogen and oxygen atoms in total. The monoisotopic (exact) mass is 239 g/mol. The lowest BCUT2D eigenvalue weighted by Gasteiger charge is -2.11. The first-order chi connectivity index (χ1) is 7.47. The van der Waals surface area contributed by atoms with Gasteiger partial charge in [0.05, 0.1) is 6.07 Å². The predicted molar refractivity (Wildman–Crippen MR) is 56.2 cm³/mol. The van der Waals surface area contributed by atoms with E-state index in [1.807, 2.05) is 0 Å². The van der Waals surface area contributed by atoms with Crippen LogP contribution in [0.2, 0.25) is 0 Å². The van der Waals surface area contributed by atoms with Gasteiger partial charge in [0.1, 0.15) is 5.92 Å². The highest BCUT2D eigenvalue weighted by Gasteiger charge is 2.36. The summed E-state index contributed by atoms with van der Waals surface area (Å²) in [5, 5.41) is 26.5. The second kappa shape index (κ2) is 4.77. The van der Waals surface area contributed by atoms with Gasteiger partial charge in [-0.3, -0.25) is 9.59 Å². The highest BCUT2D eigenvalue weighted by molar-refractivity contribution is 7.12. The van der Waals surface area contributed by atoms with E-state index in [4.69, 9.17) is 15.5 Å². The van der Waals surface area contributed by atoms with Crippen LogP contribution in [0.15, 0.2) is 12.1 Å². The van der Waals surface area contributed by atoms with Crippen molar-refractivity contribution in [1.82, 2.24) is 0 Å². The van der Waals surface area contributed by atoms with Crippen LogP contribution in [0.25, 0.3) is 0 Å². The van der Waals surface area contributed by atoms with E-state index in [0.717, 1.165) is 4.88 Å². The van der Waals surface area contributed by atoms with Crippen molar-refractivity contribution >= 4 is 23.3 Å². The van der Waals surface area contributed by atoms with Gasteiger partial charge in [0.15, 0.2) is 5.92 Å². The van der Waals surface area contributed by atoms with E-state index < -0.39 is 23.8 Å². The van der Waals surface area contributed by atoms with Crippen molar-refractivity contribution in [3.05, 3.63) is 21.9 Å². The van der Waals surface area contributed by atoms with Crippen molar-refractivity contribution in [2.24, 2.45) is 5.92 Å². The third-order valence-corrected chi connectivity index (χ3v) is 3.16. The maximum atomic E-state index is 10.8. The zero-order chi connectivity index (χ0) is 12.3. The van der Waals surface area contributed by atoms with Gasteiger partial charge in [0, 0.05) is 9.75 Å². The zero-order valence-corrected chi connectivity index (χ0v) is 9.19. The van der Waals surface area contributed by atoms with Crippen LogP contribution in [0.3, 0.4) is 0 Å². The molecule has 0 fully saturated rings. The molecular formula is C10H9NO4S. The Morgan fingerprint density at radius 2 is 1.94 bits per heavy atom. The molecule has 0 radical (unpaired) electrons. The summed E-state index contributed by atoms with van der Waals surface area (Å²) in [5.74, 6) is -5.85. The van der Waals surface area contributed by atoms with Gasteiger partial charge in [-0.2, -0.15) is 5.26 Å². The molecule has 0 spiro atoms. The Labute approximate surface area is 95.6 Å². The quantitative estimate of drug-likeness (QED) is 0.775. The third kappa shape index (κ3) is 2.38.